The van der Waals surface area contributed by atoms with Gasteiger partial charge in [-0.3, -0.25) is 0 Å². The minimum absolute atomic E-state index is 0.576. The van der Waals surface area contributed by atoms with E-state index in [2.05, 4.69) is 11.9 Å². The highest BCUT2D eigenvalue weighted by atomic mass is 35.5. The lowest BCUT2D eigenvalue weighted by molar-refractivity contribution is -0.742. The van der Waals surface area contributed by atoms with Crippen LogP contribution in [0.3, 0.4) is 0 Å². The molecule has 9 heteroatoms. The van der Waals surface area contributed by atoms with Crippen LogP contribution in [0, 0.1) is 10.1 Å². The Morgan fingerprint density at radius 1 is 1.38 bits per heavy atom. The number of hydrogen-bond acceptors (Lipinski definition) is 4. The van der Waals surface area contributed by atoms with Crippen LogP contribution in [0.1, 0.15) is 38.2 Å². The number of unbranched alkanes of at least 4 members (excludes halogenated alkanes) is 3. The monoisotopic (exact) mass is 401 g/mol. The van der Waals surface area contributed by atoms with E-state index in [1.807, 2.05) is 29.1 Å². The third-order valence-electron chi connectivity index (χ3n) is 3.24. The average Bonchev–Trinajstić information content (AvgIpc) is 3.06. The largest absolute Gasteiger partial charge is 0.491 e. The Hall–Kier alpha value is -2.25. The molecule has 0 atom stereocenters. The summed E-state index contributed by atoms with van der Waals surface area (Å²) in [5.74, 6) is 0.719. The molecule has 2 rings (SSSR count). The van der Waals surface area contributed by atoms with Gasteiger partial charge in [0, 0.05) is 23.0 Å². The van der Waals surface area contributed by atoms with E-state index in [0.29, 0.717) is 16.7 Å². The van der Waals surface area contributed by atoms with Crippen LogP contribution in [0.15, 0.2) is 36.9 Å². The first-order chi connectivity index (χ1) is 12.4. The number of hydrogen-bond donors (Lipinski definition) is 1. The quantitative estimate of drug-likeness (QED) is 0.277. The Morgan fingerprint density at radius 2 is 2.12 bits per heavy atom. The Kier molecular flexibility index (Phi) is 10.2. The van der Waals surface area contributed by atoms with Gasteiger partial charge < -0.3 is 14.5 Å². The molecule has 0 saturated heterocycles. The third kappa shape index (κ3) is 8.73. The summed E-state index contributed by atoms with van der Waals surface area (Å²) in [5, 5.41) is 14.8. The van der Waals surface area contributed by atoms with Crippen molar-refractivity contribution in [3.8, 4) is 0 Å². The van der Waals surface area contributed by atoms with E-state index in [1.54, 1.807) is 18.6 Å². The van der Waals surface area contributed by atoms with E-state index < -0.39 is 5.09 Å². The zero-order chi connectivity index (χ0) is 19.4. The van der Waals surface area contributed by atoms with Gasteiger partial charge in [-0.1, -0.05) is 49.4 Å². The highest BCUT2D eigenvalue weighted by Crippen LogP contribution is 2.28. The standard InChI is InChI=1S/C17H20Cl2N2O.HNO3/c1-2-3-4-5-10-22-17(12-21-9-8-20-13-21)15-7-6-14(18)11-16(15)19;2-1(3)4/h6-9,11-13H,2-5,10H2,1H3;(H,2,3,4). The molecule has 0 radical (unpaired) electrons. The maximum atomic E-state index is 8.36. The summed E-state index contributed by atoms with van der Waals surface area (Å²) in [7, 11) is 0. The number of rotatable bonds is 8. The topological polar surface area (TPSA) is 90.4 Å². The van der Waals surface area contributed by atoms with Crippen LogP contribution in [0.2, 0.25) is 10.0 Å². The van der Waals surface area contributed by atoms with Crippen molar-refractivity contribution >= 4 is 35.2 Å². The van der Waals surface area contributed by atoms with Crippen molar-refractivity contribution in [2.24, 2.45) is 0 Å². The zero-order valence-electron chi connectivity index (χ0n) is 14.3. The van der Waals surface area contributed by atoms with Crippen LogP contribution in [0.5, 0.6) is 0 Å². The van der Waals surface area contributed by atoms with Crippen LogP contribution in [-0.2, 0) is 4.74 Å². The fourth-order valence-corrected chi connectivity index (χ4v) is 2.57. The molecule has 0 fully saturated rings. The van der Waals surface area contributed by atoms with Crippen LogP contribution in [-0.4, -0.2) is 26.5 Å². The summed E-state index contributed by atoms with van der Waals surface area (Å²) >= 11 is 12.3. The van der Waals surface area contributed by atoms with Gasteiger partial charge in [-0.2, -0.15) is 0 Å². The molecule has 1 N–H and O–H groups in total. The molecule has 0 saturated carbocycles. The predicted molar refractivity (Wildman–Crippen MR) is 102 cm³/mol. The molecule has 1 heterocycles. The SMILES string of the molecule is CCCCCCOC(=Cn1ccnc1)c1ccc(Cl)cc1Cl.O=[N+]([O-])O. The van der Waals surface area contributed by atoms with Gasteiger partial charge in [0.05, 0.1) is 24.2 Å². The van der Waals surface area contributed by atoms with Crippen molar-refractivity contribution in [3.63, 3.8) is 0 Å². The summed E-state index contributed by atoms with van der Waals surface area (Å²) in [6.07, 6.45) is 11.8. The molecular formula is C17H21Cl2N3O4. The summed E-state index contributed by atoms with van der Waals surface area (Å²) in [6, 6.07) is 5.41. The van der Waals surface area contributed by atoms with Crippen molar-refractivity contribution in [3.05, 3.63) is 62.6 Å². The van der Waals surface area contributed by atoms with Crippen molar-refractivity contribution in [2.75, 3.05) is 6.61 Å². The molecule has 1 aromatic heterocycles. The molecule has 0 amide bonds. The van der Waals surface area contributed by atoms with E-state index in [0.717, 1.165) is 17.7 Å². The molecule has 0 bridgehead atoms. The van der Waals surface area contributed by atoms with E-state index in [-0.39, 0.29) is 0 Å². The number of benzene rings is 1. The molecule has 0 unspecified atom stereocenters. The lowest BCUT2D eigenvalue weighted by Crippen LogP contribution is -1.98. The van der Waals surface area contributed by atoms with Gasteiger partial charge in [0.1, 0.15) is 5.76 Å². The first kappa shape index (κ1) is 21.8. The number of aromatic nitrogens is 2. The number of ether oxygens (including phenoxy) is 1. The van der Waals surface area contributed by atoms with E-state index in [1.165, 1.54) is 19.3 Å². The predicted octanol–water partition coefficient (Wildman–Crippen LogP) is 5.39. The second-order valence-electron chi connectivity index (χ2n) is 5.27. The Morgan fingerprint density at radius 3 is 2.69 bits per heavy atom. The van der Waals surface area contributed by atoms with Crippen molar-refractivity contribution in [1.82, 2.24) is 9.55 Å². The van der Waals surface area contributed by atoms with Gasteiger partial charge in [-0.25, -0.2) is 4.98 Å². The molecule has 2 aromatic rings. The van der Waals surface area contributed by atoms with Gasteiger partial charge in [-0.05, 0) is 24.6 Å². The van der Waals surface area contributed by atoms with E-state index in [9.17, 15) is 0 Å². The molecule has 0 spiro atoms. The third-order valence-corrected chi connectivity index (χ3v) is 3.79. The van der Waals surface area contributed by atoms with Gasteiger partial charge in [-0.15, -0.1) is 10.1 Å². The van der Waals surface area contributed by atoms with Gasteiger partial charge in [0.2, 0.25) is 0 Å². The van der Waals surface area contributed by atoms with Gasteiger partial charge >= 0.3 is 0 Å². The Bertz CT molecular complexity index is 702. The molecule has 1 aromatic carbocycles. The first-order valence-corrected chi connectivity index (χ1v) is 8.80. The zero-order valence-corrected chi connectivity index (χ0v) is 15.9. The van der Waals surface area contributed by atoms with Gasteiger partial charge in [0.25, 0.3) is 5.09 Å². The first-order valence-electron chi connectivity index (χ1n) is 8.04. The highest BCUT2D eigenvalue weighted by Gasteiger charge is 2.09. The Balaban J connectivity index is 0.000000765. The smallest absolute Gasteiger partial charge is 0.291 e. The number of imidazole rings is 1. The lowest BCUT2D eigenvalue weighted by Gasteiger charge is -2.13. The molecule has 0 aliphatic rings. The molecule has 0 aliphatic carbocycles. The number of halogens is 2. The maximum Gasteiger partial charge on any atom is 0.291 e. The van der Waals surface area contributed by atoms with Crippen LogP contribution < -0.4 is 0 Å². The van der Waals surface area contributed by atoms with Crippen molar-refractivity contribution < 1.29 is 15.0 Å². The second-order valence-corrected chi connectivity index (χ2v) is 6.12. The maximum absolute atomic E-state index is 8.36. The Labute approximate surface area is 161 Å². The average molecular weight is 402 g/mol. The fourth-order valence-electron chi connectivity index (χ4n) is 2.07. The summed E-state index contributed by atoms with van der Waals surface area (Å²) in [5.41, 5.74) is 0.829. The lowest BCUT2D eigenvalue weighted by atomic mass is 10.2. The van der Waals surface area contributed by atoms with Crippen molar-refractivity contribution in [2.45, 2.75) is 32.6 Å². The minimum Gasteiger partial charge on any atom is -0.491 e. The summed E-state index contributed by atoms with van der Waals surface area (Å²) in [4.78, 5) is 12.4. The molecular weight excluding hydrogens is 381 g/mol. The van der Waals surface area contributed by atoms with E-state index in [4.69, 9.17) is 43.3 Å². The fraction of sp³-hybridized carbons (Fsp3) is 0.353. The second kappa shape index (κ2) is 12.2. The van der Waals surface area contributed by atoms with Crippen LogP contribution in [0.25, 0.3) is 12.0 Å². The minimum atomic E-state index is -1.50. The van der Waals surface area contributed by atoms with Gasteiger partial charge in [0.15, 0.2) is 0 Å². The summed E-state index contributed by atoms with van der Waals surface area (Å²) in [6.45, 7) is 2.86. The van der Waals surface area contributed by atoms with Crippen molar-refractivity contribution in [1.29, 1.82) is 0 Å². The van der Waals surface area contributed by atoms with Crippen LogP contribution in [0.4, 0.5) is 0 Å². The highest BCUT2D eigenvalue weighted by molar-refractivity contribution is 6.35. The summed E-state index contributed by atoms with van der Waals surface area (Å²) < 4.78 is 7.79. The number of nitrogens with zero attached hydrogens (tertiary/aromatic N) is 3. The van der Waals surface area contributed by atoms with Crippen LogP contribution >= 0.6 is 23.2 Å². The molecule has 26 heavy (non-hydrogen) atoms. The molecule has 0 aliphatic heterocycles. The van der Waals surface area contributed by atoms with E-state index >= 15 is 0 Å². The molecule has 7 nitrogen and oxygen atoms in total. The normalized spacial score (nSPS) is 10.8. The molecule has 142 valence electrons.